The molecule has 1 aliphatic rings. The van der Waals surface area contributed by atoms with Gasteiger partial charge in [0.05, 0.1) is 26.2 Å². The smallest absolute Gasteiger partial charge is 0.387 e. The zero-order valence-electron chi connectivity index (χ0n) is 16.1. The van der Waals surface area contributed by atoms with Crippen molar-refractivity contribution in [2.24, 2.45) is 5.92 Å². The number of likely N-dealkylation sites (tertiary alicyclic amines) is 1. The molecule has 0 spiro atoms. The predicted octanol–water partition coefficient (Wildman–Crippen LogP) is 2.19. The third-order valence-corrected chi connectivity index (χ3v) is 4.51. The van der Waals surface area contributed by atoms with Gasteiger partial charge in [-0.2, -0.15) is 8.78 Å². The van der Waals surface area contributed by atoms with Gasteiger partial charge in [-0.3, -0.25) is 14.5 Å². The van der Waals surface area contributed by atoms with Crippen molar-refractivity contribution in [2.45, 2.75) is 32.9 Å². The SMILES string of the molecule is CCOC(=O)C1CCN(CC(=O)NCc2ccc(OC(F)F)c(OC)c2)CC1. The first kappa shape index (κ1) is 21.9. The van der Waals surface area contributed by atoms with Gasteiger partial charge in [0, 0.05) is 6.54 Å². The average molecular weight is 400 g/mol. The number of methoxy groups -OCH3 is 1. The molecule has 1 heterocycles. The lowest BCUT2D eigenvalue weighted by Gasteiger charge is -2.30. The monoisotopic (exact) mass is 400 g/mol. The fourth-order valence-electron chi connectivity index (χ4n) is 3.06. The van der Waals surface area contributed by atoms with Crippen LogP contribution < -0.4 is 14.8 Å². The molecule has 1 N–H and O–H groups in total. The number of esters is 1. The lowest BCUT2D eigenvalue weighted by Crippen LogP contribution is -2.42. The molecule has 0 aromatic heterocycles. The minimum atomic E-state index is -2.94. The highest BCUT2D eigenvalue weighted by molar-refractivity contribution is 5.78. The number of rotatable bonds is 9. The Morgan fingerprint density at radius 1 is 1.25 bits per heavy atom. The summed E-state index contributed by atoms with van der Waals surface area (Å²) in [6.07, 6.45) is 1.35. The van der Waals surface area contributed by atoms with E-state index in [1.165, 1.54) is 13.2 Å². The Morgan fingerprint density at radius 2 is 1.96 bits per heavy atom. The molecule has 28 heavy (non-hydrogen) atoms. The number of halogens is 2. The standard InChI is InChI=1S/C19H26F2N2O5/c1-3-27-18(25)14-6-8-23(9-7-14)12-17(24)22-11-13-4-5-15(28-19(20)21)16(10-13)26-2/h4-5,10,14,19H,3,6-9,11-12H2,1-2H3,(H,22,24). The number of hydrogen-bond donors (Lipinski definition) is 1. The van der Waals surface area contributed by atoms with Crippen LogP contribution in [-0.2, 0) is 20.9 Å². The van der Waals surface area contributed by atoms with Crippen molar-refractivity contribution < 1.29 is 32.6 Å². The second kappa shape index (κ2) is 10.8. The molecule has 1 amide bonds. The van der Waals surface area contributed by atoms with E-state index in [2.05, 4.69) is 10.1 Å². The minimum Gasteiger partial charge on any atom is -0.493 e. The molecule has 0 radical (unpaired) electrons. The number of alkyl halides is 2. The van der Waals surface area contributed by atoms with E-state index in [-0.39, 0.29) is 42.4 Å². The van der Waals surface area contributed by atoms with E-state index in [1.807, 2.05) is 4.90 Å². The second-order valence-electron chi connectivity index (χ2n) is 6.44. The van der Waals surface area contributed by atoms with Crippen LogP contribution in [0.25, 0.3) is 0 Å². The highest BCUT2D eigenvalue weighted by Crippen LogP contribution is 2.29. The molecule has 0 atom stereocenters. The fraction of sp³-hybridized carbons (Fsp3) is 0.579. The van der Waals surface area contributed by atoms with Crippen LogP contribution in [-0.4, -0.2) is 56.7 Å². The van der Waals surface area contributed by atoms with Gasteiger partial charge in [-0.1, -0.05) is 6.07 Å². The Kier molecular flexibility index (Phi) is 8.43. The van der Waals surface area contributed by atoms with Crippen molar-refractivity contribution in [1.29, 1.82) is 0 Å². The lowest BCUT2D eigenvalue weighted by atomic mass is 9.97. The number of piperidine rings is 1. The molecular formula is C19H26F2N2O5. The van der Waals surface area contributed by atoms with Crippen molar-refractivity contribution >= 4 is 11.9 Å². The van der Waals surface area contributed by atoms with Crippen LogP contribution in [0.3, 0.4) is 0 Å². The Morgan fingerprint density at radius 3 is 2.57 bits per heavy atom. The van der Waals surface area contributed by atoms with Crippen molar-refractivity contribution in [1.82, 2.24) is 10.2 Å². The van der Waals surface area contributed by atoms with Gasteiger partial charge < -0.3 is 19.5 Å². The molecule has 0 unspecified atom stereocenters. The summed E-state index contributed by atoms with van der Waals surface area (Å²) in [5.41, 5.74) is 0.702. The Hall–Kier alpha value is -2.42. The number of ether oxygens (including phenoxy) is 3. The van der Waals surface area contributed by atoms with Crippen LogP contribution >= 0.6 is 0 Å². The number of carbonyl (C=O) groups is 2. The largest absolute Gasteiger partial charge is 0.493 e. The van der Waals surface area contributed by atoms with Crippen LogP contribution in [0.15, 0.2) is 18.2 Å². The first-order chi connectivity index (χ1) is 13.4. The molecule has 1 fully saturated rings. The molecular weight excluding hydrogens is 374 g/mol. The van der Waals surface area contributed by atoms with Gasteiger partial charge in [-0.15, -0.1) is 0 Å². The van der Waals surface area contributed by atoms with Crippen LogP contribution in [0.1, 0.15) is 25.3 Å². The lowest BCUT2D eigenvalue weighted by molar-refractivity contribution is -0.149. The van der Waals surface area contributed by atoms with E-state index in [0.29, 0.717) is 38.1 Å². The van der Waals surface area contributed by atoms with Crippen LogP contribution in [0.2, 0.25) is 0 Å². The van der Waals surface area contributed by atoms with E-state index < -0.39 is 6.61 Å². The summed E-state index contributed by atoms with van der Waals surface area (Å²) in [6, 6.07) is 4.51. The Bertz CT molecular complexity index is 664. The average Bonchev–Trinajstić information content (AvgIpc) is 2.67. The van der Waals surface area contributed by atoms with E-state index >= 15 is 0 Å². The summed E-state index contributed by atoms with van der Waals surface area (Å²) in [7, 11) is 1.36. The number of nitrogens with one attached hydrogen (secondary N) is 1. The van der Waals surface area contributed by atoms with Gasteiger partial charge in [0.25, 0.3) is 0 Å². The van der Waals surface area contributed by atoms with Gasteiger partial charge in [-0.05, 0) is 50.6 Å². The van der Waals surface area contributed by atoms with E-state index in [1.54, 1.807) is 19.1 Å². The maximum atomic E-state index is 12.4. The van der Waals surface area contributed by atoms with Crippen molar-refractivity contribution in [3.05, 3.63) is 23.8 Å². The normalized spacial score (nSPS) is 15.3. The molecule has 7 nitrogen and oxygen atoms in total. The highest BCUT2D eigenvalue weighted by atomic mass is 19.3. The summed E-state index contributed by atoms with van der Waals surface area (Å²) >= 11 is 0. The van der Waals surface area contributed by atoms with Gasteiger partial charge in [-0.25, -0.2) is 0 Å². The predicted molar refractivity (Wildman–Crippen MR) is 97.3 cm³/mol. The molecule has 156 valence electrons. The number of carbonyl (C=O) groups excluding carboxylic acids is 2. The molecule has 1 aliphatic heterocycles. The van der Waals surface area contributed by atoms with E-state index in [9.17, 15) is 18.4 Å². The van der Waals surface area contributed by atoms with Gasteiger partial charge in [0.2, 0.25) is 5.91 Å². The second-order valence-corrected chi connectivity index (χ2v) is 6.44. The zero-order valence-corrected chi connectivity index (χ0v) is 16.1. The molecule has 1 aromatic carbocycles. The van der Waals surface area contributed by atoms with E-state index in [0.717, 1.165) is 0 Å². The van der Waals surface area contributed by atoms with Crippen molar-refractivity contribution in [3.63, 3.8) is 0 Å². The Balaban J connectivity index is 1.78. The topological polar surface area (TPSA) is 77.1 Å². The molecule has 0 saturated carbocycles. The zero-order chi connectivity index (χ0) is 20.5. The summed E-state index contributed by atoms with van der Waals surface area (Å²) in [4.78, 5) is 25.9. The fourth-order valence-corrected chi connectivity index (χ4v) is 3.06. The molecule has 1 aromatic rings. The first-order valence-corrected chi connectivity index (χ1v) is 9.20. The molecule has 2 rings (SSSR count). The van der Waals surface area contributed by atoms with E-state index in [4.69, 9.17) is 9.47 Å². The van der Waals surface area contributed by atoms with Crippen molar-refractivity contribution in [3.8, 4) is 11.5 Å². The summed E-state index contributed by atoms with van der Waals surface area (Å²) in [5, 5.41) is 2.80. The number of hydrogen-bond acceptors (Lipinski definition) is 6. The third kappa shape index (κ3) is 6.63. The first-order valence-electron chi connectivity index (χ1n) is 9.20. The Labute approximate surface area is 162 Å². The number of amides is 1. The maximum absolute atomic E-state index is 12.4. The van der Waals surface area contributed by atoms with Gasteiger partial charge in [0.15, 0.2) is 11.5 Å². The van der Waals surface area contributed by atoms with Crippen molar-refractivity contribution in [2.75, 3.05) is 33.4 Å². The van der Waals surface area contributed by atoms with Gasteiger partial charge >= 0.3 is 12.6 Å². The third-order valence-electron chi connectivity index (χ3n) is 4.51. The van der Waals surface area contributed by atoms with Crippen LogP contribution in [0.5, 0.6) is 11.5 Å². The maximum Gasteiger partial charge on any atom is 0.387 e. The molecule has 1 saturated heterocycles. The number of nitrogens with zero attached hydrogens (tertiary/aromatic N) is 1. The molecule has 9 heteroatoms. The highest BCUT2D eigenvalue weighted by Gasteiger charge is 2.26. The molecule has 0 bridgehead atoms. The minimum absolute atomic E-state index is 0.0583. The summed E-state index contributed by atoms with van der Waals surface area (Å²) in [5.74, 6) is -0.299. The van der Waals surface area contributed by atoms with Crippen LogP contribution in [0, 0.1) is 5.92 Å². The molecule has 0 aliphatic carbocycles. The summed E-state index contributed by atoms with van der Waals surface area (Å²) < 4.78 is 39.2. The number of benzene rings is 1. The van der Waals surface area contributed by atoms with Crippen LogP contribution in [0.4, 0.5) is 8.78 Å². The summed E-state index contributed by atoms with van der Waals surface area (Å²) in [6.45, 7) is 1.01. The van der Waals surface area contributed by atoms with Gasteiger partial charge in [0.1, 0.15) is 0 Å². The quantitative estimate of drug-likeness (QED) is 0.641.